The monoisotopic (exact) mass is 385 g/mol. The Labute approximate surface area is 124 Å². The van der Waals surface area contributed by atoms with Gasteiger partial charge in [0.1, 0.15) is 0 Å². The normalized spacial score (nSPS) is 11.3. The maximum absolute atomic E-state index is 12.0. The zero-order valence-corrected chi connectivity index (χ0v) is 12.9. The molecule has 0 bridgehead atoms. The summed E-state index contributed by atoms with van der Waals surface area (Å²) in [5.74, 6) is 0. The number of H-pyrrole nitrogens is 1. The van der Waals surface area contributed by atoms with Crippen molar-refractivity contribution >= 4 is 65.1 Å². The van der Waals surface area contributed by atoms with Gasteiger partial charge in [-0.3, -0.25) is 4.79 Å². The van der Waals surface area contributed by atoms with Crippen molar-refractivity contribution in [3.05, 3.63) is 54.7 Å². The minimum absolute atomic E-state index is 0.104. The fourth-order valence-corrected chi connectivity index (χ4v) is 2.87. The van der Waals surface area contributed by atoms with Crippen LogP contribution in [0.4, 0.5) is 0 Å². The van der Waals surface area contributed by atoms with Gasteiger partial charge in [-0.15, -0.1) is 0 Å². The van der Waals surface area contributed by atoms with Crippen LogP contribution in [0.2, 0.25) is 5.02 Å². The number of hydrogen-bond donors (Lipinski definition) is 1. The van der Waals surface area contributed by atoms with Crippen molar-refractivity contribution in [2.24, 2.45) is 0 Å². The van der Waals surface area contributed by atoms with Gasteiger partial charge in [-0.1, -0.05) is 33.6 Å². The molecule has 3 rings (SSSR count). The Hall–Kier alpha value is -0.840. The second-order valence-corrected chi connectivity index (χ2v) is 6.13. The predicted octanol–water partition coefficient (Wildman–Crippen LogP) is 4.86. The zero-order chi connectivity index (χ0) is 12.9. The van der Waals surface area contributed by atoms with Gasteiger partial charge in [0, 0.05) is 19.7 Å². The Morgan fingerprint density at radius 2 is 1.78 bits per heavy atom. The molecule has 0 saturated heterocycles. The van der Waals surface area contributed by atoms with Gasteiger partial charge in [0.15, 0.2) is 0 Å². The summed E-state index contributed by atoms with van der Waals surface area (Å²) in [6.07, 6.45) is 0. The first kappa shape index (κ1) is 12.2. The minimum Gasteiger partial charge on any atom is -0.321 e. The highest BCUT2D eigenvalue weighted by Gasteiger charge is 2.08. The van der Waals surface area contributed by atoms with Crippen LogP contribution < -0.4 is 5.56 Å². The van der Waals surface area contributed by atoms with E-state index in [1.54, 1.807) is 0 Å². The van der Waals surface area contributed by atoms with Crippen molar-refractivity contribution < 1.29 is 0 Å². The molecule has 0 aliphatic rings. The molecule has 2 aromatic carbocycles. The predicted molar refractivity (Wildman–Crippen MR) is 82.5 cm³/mol. The lowest BCUT2D eigenvalue weighted by Gasteiger charge is -2.06. The van der Waals surface area contributed by atoms with Gasteiger partial charge in [-0.2, -0.15) is 0 Å². The number of fused-ring (bicyclic) bond motifs is 3. The lowest BCUT2D eigenvalue weighted by Crippen LogP contribution is -2.06. The fourth-order valence-electron chi connectivity index (χ4n) is 2.00. The molecule has 3 aromatic rings. The summed E-state index contributed by atoms with van der Waals surface area (Å²) in [5.41, 5.74) is 0.666. The van der Waals surface area contributed by atoms with E-state index in [1.165, 1.54) is 0 Å². The molecule has 1 aromatic heterocycles. The van der Waals surface area contributed by atoms with Gasteiger partial charge in [0.2, 0.25) is 0 Å². The molecule has 1 heterocycles. The van der Waals surface area contributed by atoms with Crippen molar-refractivity contribution in [2.45, 2.75) is 0 Å². The molecule has 0 atom stereocenters. The summed E-state index contributed by atoms with van der Waals surface area (Å²) < 4.78 is 1.65. The molecule has 1 N–H and O–H groups in total. The van der Waals surface area contributed by atoms with E-state index in [1.807, 2.05) is 30.3 Å². The number of nitrogens with one attached hydrogen (secondary N) is 1. The zero-order valence-electron chi connectivity index (χ0n) is 8.93. The maximum Gasteiger partial charge on any atom is 0.256 e. The summed E-state index contributed by atoms with van der Waals surface area (Å²) in [6.45, 7) is 0. The third kappa shape index (κ3) is 1.88. The SMILES string of the molecule is O=c1[nH]c2cc(Br)c(Cl)cc2c2ccc(Br)cc12. The summed E-state index contributed by atoms with van der Waals surface area (Å²) >= 11 is 12.8. The number of benzene rings is 2. The number of aromatic amines is 1. The molecule has 0 saturated carbocycles. The molecule has 2 nitrogen and oxygen atoms in total. The lowest BCUT2D eigenvalue weighted by atomic mass is 10.1. The van der Waals surface area contributed by atoms with Crippen LogP contribution in [0.25, 0.3) is 21.7 Å². The number of hydrogen-bond acceptors (Lipinski definition) is 1. The first-order chi connectivity index (χ1) is 8.56. The highest BCUT2D eigenvalue weighted by molar-refractivity contribution is 9.10. The summed E-state index contributed by atoms with van der Waals surface area (Å²) in [6, 6.07) is 9.32. The van der Waals surface area contributed by atoms with E-state index in [9.17, 15) is 4.79 Å². The molecule has 90 valence electrons. The van der Waals surface area contributed by atoms with Gasteiger partial charge < -0.3 is 4.98 Å². The van der Waals surface area contributed by atoms with E-state index in [0.29, 0.717) is 10.4 Å². The van der Waals surface area contributed by atoms with Gasteiger partial charge in [-0.25, -0.2) is 0 Å². The highest BCUT2D eigenvalue weighted by Crippen LogP contribution is 2.31. The van der Waals surface area contributed by atoms with Crippen LogP contribution in [0.3, 0.4) is 0 Å². The Bertz CT molecular complexity index is 842. The van der Waals surface area contributed by atoms with Crippen molar-refractivity contribution in [3.63, 3.8) is 0 Å². The van der Waals surface area contributed by atoms with Gasteiger partial charge in [0.05, 0.1) is 10.5 Å². The lowest BCUT2D eigenvalue weighted by molar-refractivity contribution is 1.34. The van der Waals surface area contributed by atoms with E-state index >= 15 is 0 Å². The van der Waals surface area contributed by atoms with Crippen LogP contribution in [0.15, 0.2) is 44.1 Å². The standard InChI is InChI=1S/C13H6Br2ClNO/c14-6-1-2-7-8-4-11(16)10(15)5-12(8)17-13(18)9(7)3-6/h1-5H,(H,17,18). The Morgan fingerprint density at radius 1 is 1.00 bits per heavy atom. The molecule has 0 spiro atoms. The Morgan fingerprint density at radius 3 is 2.56 bits per heavy atom. The minimum atomic E-state index is -0.104. The maximum atomic E-state index is 12.0. The molecule has 0 aliphatic heterocycles. The van der Waals surface area contributed by atoms with Crippen LogP contribution in [-0.2, 0) is 0 Å². The molecule has 0 aliphatic carbocycles. The first-order valence-corrected chi connectivity index (χ1v) is 7.13. The van der Waals surface area contributed by atoms with Crippen molar-refractivity contribution in [3.8, 4) is 0 Å². The van der Waals surface area contributed by atoms with Crippen LogP contribution >= 0.6 is 43.5 Å². The number of pyridine rings is 1. The number of halogens is 3. The van der Waals surface area contributed by atoms with Crippen molar-refractivity contribution in [1.82, 2.24) is 4.98 Å². The van der Waals surface area contributed by atoms with E-state index in [2.05, 4.69) is 36.8 Å². The third-order valence-corrected chi connectivity index (χ3v) is 4.52. The molecule has 5 heteroatoms. The Kier molecular flexibility index (Phi) is 2.96. The van der Waals surface area contributed by atoms with E-state index in [4.69, 9.17) is 11.6 Å². The molecular formula is C13H6Br2ClNO. The average Bonchev–Trinajstić information content (AvgIpc) is 2.32. The van der Waals surface area contributed by atoms with Gasteiger partial charge in [-0.05, 0) is 45.6 Å². The van der Waals surface area contributed by atoms with E-state index < -0.39 is 0 Å². The number of rotatable bonds is 0. The molecular weight excluding hydrogens is 381 g/mol. The molecule has 18 heavy (non-hydrogen) atoms. The highest BCUT2D eigenvalue weighted by atomic mass is 79.9. The quantitative estimate of drug-likeness (QED) is 0.549. The van der Waals surface area contributed by atoms with Crippen LogP contribution in [-0.4, -0.2) is 4.98 Å². The summed E-state index contributed by atoms with van der Waals surface area (Å²) in [4.78, 5) is 14.9. The number of aromatic nitrogens is 1. The molecule has 0 amide bonds. The summed E-state index contributed by atoms with van der Waals surface area (Å²) in [5, 5.41) is 3.10. The second-order valence-electron chi connectivity index (χ2n) is 3.96. The third-order valence-electron chi connectivity index (χ3n) is 2.83. The second kappa shape index (κ2) is 4.37. The van der Waals surface area contributed by atoms with Crippen molar-refractivity contribution in [1.29, 1.82) is 0 Å². The van der Waals surface area contributed by atoms with Gasteiger partial charge >= 0.3 is 0 Å². The van der Waals surface area contributed by atoms with E-state index in [-0.39, 0.29) is 5.56 Å². The van der Waals surface area contributed by atoms with Crippen molar-refractivity contribution in [2.75, 3.05) is 0 Å². The first-order valence-electron chi connectivity index (χ1n) is 5.16. The largest absolute Gasteiger partial charge is 0.321 e. The molecule has 0 radical (unpaired) electrons. The van der Waals surface area contributed by atoms with Crippen LogP contribution in [0, 0.1) is 0 Å². The molecule has 0 unspecified atom stereocenters. The summed E-state index contributed by atoms with van der Waals surface area (Å²) in [7, 11) is 0. The topological polar surface area (TPSA) is 32.9 Å². The smallest absolute Gasteiger partial charge is 0.256 e. The molecule has 0 fully saturated rings. The van der Waals surface area contributed by atoms with E-state index in [0.717, 1.165) is 25.2 Å². The van der Waals surface area contributed by atoms with Crippen LogP contribution in [0.5, 0.6) is 0 Å². The van der Waals surface area contributed by atoms with Gasteiger partial charge in [0.25, 0.3) is 5.56 Å². The van der Waals surface area contributed by atoms with Crippen LogP contribution in [0.1, 0.15) is 0 Å². The fraction of sp³-hybridized carbons (Fsp3) is 0. The average molecular weight is 387 g/mol. The Balaban J connectivity index is 2.60.